The molecule has 0 radical (unpaired) electrons. The number of hydrogen-bond acceptors (Lipinski definition) is 8. The Balaban J connectivity index is 1.33. The normalized spacial score (nSPS) is 26.2. The second-order valence-corrected chi connectivity index (χ2v) is 22.7. The molecule has 3 saturated heterocycles. The average molecular weight is 793 g/mol. The summed E-state index contributed by atoms with van der Waals surface area (Å²) in [7, 11) is -2.22. The number of nitrogens with two attached hydrogens (primary N) is 1. The Morgan fingerprint density at radius 1 is 1.13 bits per heavy atom. The third kappa shape index (κ3) is 6.43. The lowest BCUT2D eigenvalue weighted by Crippen LogP contribution is -2.43. The molecular weight excluding hydrogens is 741 g/mol. The van der Waals surface area contributed by atoms with Gasteiger partial charge in [0.25, 0.3) is 0 Å². The molecule has 4 fully saturated rings. The maximum atomic E-state index is 17.5. The van der Waals surface area contributed by atoms with Crippen molar-refractivity contribution in [1.82, 2.24) is 19.9 Å². The zero-order chi connectivity index (χ0) is 40.8. The van der Waals surface area contributed by atoms with Gasteiger partial charge < -0.3 is 20.1 Å². The van der Waals surface area contributed by atoms with Crippen molar-refractivity contribution in [3.8, 4) is 28.7 Å². The first-order valence-corrected chi connectivity index (χ1v) is 22.1. The molecule has 4 aliphatic rings. The van der Waals surface area contributed by atoms with Gasteiger partial charge in [0.2, 0.25) is 0 Å². The molecule has 1 aliphatic carbocycles. The predicted molar refractivity (Wildman–Crippen MR) is 216 cm³/mol. The molecule has 0 unspecified atom stereocenters. The lowest BCUT2D eigenvalue weighted by atomic mass is 9.95. The van der Waals surface area contributed by atoms with Crippen LogP contribution in [-0.2, 0) is 4.74 Å². The van der Waals surface area contributed by atoms with Gasteiger partial charge in [-0.15, -0.1) is 5.54 Å². The Kier molecular flexibility index (Phi) is 9.35. The smallest absolute Gasteiger partial charge is 0.319 e. The van der Waals surface area contributed by atoms with Crippen LogP contribution in [0.15, 0.2) is 30.5 Å². The van der Waals surface area contributed by atoms with E-state index in [4.69, 9.17) is 26.8 Å². The average Bonchev–Trinajstić information content (AvgIpc) is 3.50. The van der Waals surface area contributed by atoms with Crippen molar-refractivity contribution in [3.05, 3.63) is 46.9 Å². The highest BCUT2D eigenvalue weighted by molar-refractivity contribution is 6.90. The molecular formula is C42H50ClF3N6O2Si. The molecule has 5 heterocycles. The number of hydrogen-bond donors (Lipinski definition) is 1. The summed E-state index contributed by atoms with van der Waals surface area (Å²) in [5.74, 6) is 2.42. The minimum absolute atomic E-state index is 0.0506. The topological polar surface area (TPSA) is 89.6 Å². The SMILES string of the molecule is [2H]C([2H])(Oc1nc(N2CCOC[C@H]3[C@H](F)[C@H]32)c2cnc(-c3cc(N)cc4ccc(Cl)c(C#C[Si](C(C)C)(C(C)C)C(C)C)c34)c(F)c2n1)[C@@]12CCCN1C[C@H](F)C2. The molecule has 1 saturated carbocycles. The number of nitrogens with zero attached hydrogens (tertiary/aromatic N) is 5. The zero-order valence-corrected chi connectivity index (χ0v) is 34.0. The van der Waals surface area contributed by atoms with Crippen LogP contribution in [0, 0.1) is 23.2 Å². The van der Waals surface area contributed by atoms with Crippen LogP contribution in [0.3, 0.4) is 0 Å². The zero-order valence-electron chi connectivity index (χ0n) is 34.2. The van der Waals surface area contributed by atoms with E-state index in [-0.39, 0.29) is 55.1 Å². The maximum absolute atomic E-state index is 17.5. The Morgan fingerprint density at radius 2 is 1.89 bits per heavy atom. The largest absolute Gasteiger partial charge is 0.461 e. The highest BCUT2D eigenvalue weighted by Gasteiger charge is 2.56. The van der Waals surface area contributed by atoms with E-state index >= 15 is 8.78 Å². The number of pyridine rings is 1. The number of ether oxygens (including phenoxy) is 2. The number of rotatable bonds is 8. The molecule has 0 bridgehead atoms. The summed E-state index contributed by atoms with van der Waals surface area (Å²) in [6, 6.07) is 6.02. The summed E-state index contributed by atoms with van der Waals surface area (Å²) in [5.41, 5.74) is 11.1. The third-order valence-corrected chi connectivity index (χ3v) is 19.2. The van der Waals surface area contributed by atoms with E-state index in [0.29, 0.717) is 68.6 Å². The van der Waals surface area contributed by atoms with Crippen molar-refractivity contribution in [3.63, 3.8) is 0 Å². The van der Waals surface area contributed by atoms with Gasteiger partial charge in [0.05, 0.1) is 43.5 Å². The predicted octanol–water partition coefficient (Wildman–Crippen LogP) is 8.92. The molecule has 2 aromatic carbocycles. The minimum atomic E-state index is -2.44. The fourth-order valence-electron chi connectivity index (χ4n) is 9.94. The van der Waals surface area contributed by atoms with Gasteiger partial charge in [0, 0.05) is 48.3 Å². The van der Waals surface area contributed by atoms with Crippen LogP contribution in [-0.4, -0.2) is 91.3 Å². The number of benzene rings is 2. The summed E-state index contributed by atoms with van der Waals surface area (Å²) < 4.78 is 77.7. The van der Waals surface area contributed by atoms with E-state index in [9.17, 15) is 7.13 Å². The Bertz CT molecular complexity index is 2290. The fraction of sp³-hybridized carbons (Fsp3) is 0.548. The van der Waals surface area contributed by atoms with E-state index in [2.05, 4.69) is 68.0 Å². The first-order chi connectivity index (χ1) is 27.0. The molecule has 3 aliphatic heterocycles. The lowest BCUT2D eigenvalue weighted by molar-refractivity contribution is 0.107. The van der Waals surface area contributed by atoms with E-state index in [1.807, 2.05) is 6.07 Å². The molecule has 8 rings (SSSR count). The molecule has 2 N–H and O–H groups in total. The Hall–Kier alpha value is -3.63. The quantitative estimate of drug-likeness (QED) is 0.108. The monoisotopic (exact) mass is 792 g/mol. The third-order valence-electron chi connectivity index (χ3n) is 12.6. The molecule has 0 spiro atoms. The van der Waals surface area contributed by atoms with Crippen LogP contribution in [0.5, 0.6) is 6.01 Å². The number of nitrogen functional groups attached to an aromatic ring is 1. The van der Waals surface area contributed by atoms with Gasteiger partial charge in [-0.3, -0.25) is 9.88 Å². The number of alkyl halides is 2. The summed E-state index contributed by atoms with van der Waals surface area (Å²) in [6.07, 6.45) is 0.0542. The van der Waals surface area contributed by atoms with E-state index < -0.39 is 56.3 Å². The van der Waals surface area contributed by atoms with Crippen LogP contribution in [0.25, 0.3) is 32.9 Å². The highest BCUT2D eigenvalue weighted by Crippen LogP contribution is 2.47. The second kappa shape index (κ2) is 14.4. The lowest BCUT2D eigenvalue weighted by Gasteiger charge is -2.38. The summed E-state index contributed by atoms with van der Waals surface area (Å²) >= 11 is 6.96. The van der Waals surface area contributed by atoms with Gasteiger partial charge in [0.1, 0.15) is 44.0 Å². The summed E-state index contributed by atoms with van der Waals surface area (Å²) in [4.78, 5) is 17.4. The summed E-state index contributed by atoms with van der Waals surface area (Å²) in [6.45, 7) is 12.4. The fourth-order valence-corrected chi connectivity index (χ4v) is 15.3. The second-order valence-electron chi connectivity index (χ2n) is 16.7. The van der Waals surface area contributed by atoms with Crippen LogP contribution in [0.4, 0.5) is 24.7 Å². The van der Waals surface area contributed by atoms with Crippen LogP contribution < -0.4 is 15.4 Å². The summed E-state index contributed by atoms with van der Waals surface area (Å²) in [5, 5.41) is 1.90. The van der Waals surface area contributed by atoms with Gasteiger partial charge in [-0.25, -0.2) is 13.2 Å². The first kappa shape index (κ1) is 35.8. The van der Waals surface area contributed by atoms with Crippen LogP contribution in [0.2, 0.25) is 21.6 Å². The minimum Gasteiger partial charge on any atom is -0.461 e. The number of halogens is 4. The molecule has 4 aromatic rings. The Labute approximate surface area is 330 Å². The molecule has 13 heteroatoms. The molecule has 2 aromatic heterocycles. The van der Waals surface area contributed by atoms with Crippen molar-refractivity contribution >= 4 is 52.9 Å². The first-order valence-electron chi connectivity index (χ1n) is 20.5. The van der Waals surface area contributed by atoms with Crippen molar-refractivity contribution in [2.24, 2.45) is 5.92 Å². The number of aromatic nitrogens is 3. The van der Waals surface area contributed by atoms with Gasteiger partial charge in [-0.1, -0.05) is 65.1 Å². The molecule has 0 amide bonds. The van der Waals surface area contributed by atoms with Crippen LogP contribution in [0.1, 0.15) is 69.1 Å². The molecule has 292 valence electrons. The van der Waals surface area contributed by atoms with Gasteiger partial charge in [0.15, 0.2) is 5.82 Å². The number of anilines is 2. The van der Waals surface area contributed by atoms with Gasteiger partial charge >= 0.3 is 6.01 Å². The van der Waals surface area contributed by atoms with Gasteiger partial charge in [-0.2, -0.15) is 9.97 Å². The maximum Gasteiger partial charge on any atom is 0.319 e. The van der Waals surface area contributed by atoms with E-state index in [1.54, 1.807) is 28.0 Å². The van der Waals surface area contributed by atoms with E-state index in [1.165, 1.54) is 6.20 Å². The standard InChI is InChI=1S/C42H50ClF3N6O2Si/c1-23(2)55(24(3)4,25(5)6)15-10-29-33(43)9-8-26-16-28(47)17-30(34(26)29)37-36(46)38-31(19-48-37)40(52-13-14-53-21-32-35(45)39(32)52)50-41(49-38)54-22-42-11-7-12-51(42)20-27(44)18-42/h8-9,16-17,19,23-25,27,32,35,39H,7,11-14,18,20-22,47H2,1-6H3/t27-,32+,35+,39+,42+/m1/s1/i22D2. The molecule has 5 atom stereocenters. The molecule has 8 nitrogen and oxygen atoms in total. The molecule has 55 heavy (non-hydrogen) atoms. The van der Waals surface area contributed by atoms with Crippen molar-refractivity contribution < 1.29 is 25.4 Å². The van der Waals surface area contributed by atoms with Gasteiger partial charge in [-0.05, 0) is 59.6 Å². The van der Waals surface area contributed by atoms with Crippen molar-refractivity contribution in [2.75, 3.05) is 50.0 Å². The van der Waals surface area contributed by atoms with Crippen LogP contribution >= 0.6 is 11.6 Å². The van der Waals surface area contributed by atoms with E-state index in [0.717, 1.165) is 0 Å². The Morgan fingerprint density at radius 3 is 2.64 bits per heavy atom. The van der Waals surface area contributed by atoms with Crippen molar-refractivity contribution in [2.45, 2.75) is 101 Å². The van der Waals surface area contributed by atoms with Crippen molar-refractivity contribution in [1.29, 1.82) is 0 Å². The number of fused-ring (bicyclic) bond motifs is 4. The highest BCUT2D eigenvalue weighted by atomic mass is 35.5.